The summed E-state index contributed by atoms with van der Waals surface area (Å²) in [6.07, 6.45) is 3.36. The Morgan fingerprint density at radius 1 is 1.43 bits per heavy atom. The molecule has 1 aliphatic rings. The minimum Gasteiger partial charge on any atom is -0.389 e. The number of para-hydroxylation sites is 1. The molecule has 0 bridgehead atoms. The van der Waals surface area contributed by atoms with Crippen LogP contribution < -0.4 is 11.1 Å². The van der Waals surface area contributed by atoms with E-state index in [4.69, 9.17) is 22.7 Å². The van der Waals surface area contributed by atoms with Gasteiger partial charge in [0.25, 0.3) is 0 Å². The molecule has 0 unspecified atom stereocenters. The van der Waals surface area contributed by atoms with Crippen molar-refractivity contribution in [2.75, 3.05) is 19.0 Å². The third kappa shape index (κ3) is 2.71. The number of nitrogens with one attached hydrogen (secondary N) is 1. The van der Waals surface area contributed by atoms with Gasteiger partial charge in [-0.3, -0.25) is 0 Å². The van der Waals surface area contributed by atoms with E-state index in [-0.39, 0.29) is 5.60 Å². The molecule has 110 valence electrons. The van der Waals surface area contributed by atoms with E-state index in [0.717, 1.165) is 41.7 Å². The van der Waals surface area contributed by atoms with Gasteiger partial charge in [-0.2, -0.15) is 0 Å². The lowest BCUT2D eigenvalue weighted by molar-refractivity contribution is -0.0601. The maximum Gasteiger partial charge on any atom is 0.137 e. The van der Waals surface area contributed by atoms with Gasteiger partial charge in [-0.25, -0.2) is 4.98 Å². The minimum atomic E-state index is -0.0686. The van der Waals surface area contributed by atoms with E-state index in [9.17, 15) is 0 Å². The van der Waals surface area contributed by atoms with E-state index in [0.29, 0.717) is 4.99 Å². The van der Waals surface area contributed by atoms with Gasteiger partial charge in [0.2, 0.25) is 0 Å². The third-order valence-corrected chi connectivity index (χ3v) is 4.49. The van der Waals surface area contributed by atoms with E-state index in [1.807, 2.05) is 30.3 Å². The Hall–Kier alpha value is -1.72. The Labute approximate surface area is 129 Å². The predicted molar refractivity (Wildman–Crippen MR) is 89.7 cm³/mol. The number of nitrogens with two attached hydrogens (primary N) is 1. The quantitative estimate of drug-likeness (QED) is 0.832. The molecule has 1 heterocycles. The topological polar surface area (TPSA) is 60.2 Å². The van der Waals surface area contributed by atoms with Gasteiger partial charge in [-0.15, -0.1) is 0 Å². The lowest BCUT2D eigenvalue weighted by atomic mass is 9.80. The highest BCUT2D eigenvalue weighted by molar-refractivity contribution is 7.80. The molecule has 2 aromatic rings. The van der Waals surface area contributed by atoms with Crippen LogP contribution in [0.5, 0.6) is 0 Å². The van der Waals surface area contributed by atoms with E-state index >= 15 is 0 Å². The summed E-state index contributed by atoms with van der Waals surface area (Å²) in [7, 11) is 1.77. The summed E-state index contributed by atoms with van der Waals surface area (Å²) in [5, 5.41) is 4.41. The van der Waals surface area contributed by atoms with E-state index in [1.165, 1.54) is 6.42 Å². The lowest BCUT2D eigenvalue weighted by Gasteiger charge is -2.40. The maximum atomic E-state index is 5.84. The van der Waals surface area contributed by atoms with Crippen LogP contribution in [0.4, 0.5) is 5.82 Å². The Morgan fingerprint density at radius 3 is 2.81 bits per heavy atom. The summed E-state index contributed by atoms with van der Waals surface area (Å²) in [6.45, 7) is 0.727. The molecule has 1 aliphatic carbocycles. The van der Waals surface area contributed by atoms with Gasteiger partial charge < -0.3 is 15.8 Å². The zero-order chi connectivity index (χ0) is 14.9. The molecule has 3 N–H and O–H groups in total. The summed E-state index contributed by atoms with van der Waals surface area (Å²) in [4.78, 5) is 5.02. The lowest BCUT2D eigenvalue weighted by Crippen LogP contribution is -2.45. The fraction of sp³-hybridized carbons (Fsp3) is 0.375. The van der Waals surface area contributed by atoms with Gasteiger partial charge >= 0.3 is 0 Å². The molecule has 0 spiro atoms. The first kappa shape index (κ1) is 14.2. The molecule has 1 saturated carbocycles. The third-order valence-electron chi connectivity index (χ3n) is 4.27. The van der Waals surface area contributed by atoms with Crippen molar-refractivity contribution in [1.29, 1.82) is 0 Å². The van der Waals surface area contributed by atoms with Crippen LogP contribution in [-0.2, 0) is 4.74 Å². The highest BCUT2D eigenvalue weighted by atomic mass is 32.1. The van der Waals surface area contributed by atoms with Gasteiger partial charge in [-0.05, 0) is 31.4 Å². The average Bonchev–Trinajstić information content (AvgIpc) is 2.45. The van der Waals surface area contributed by atoms with Crippen molar-refractivity contribution in [3.63, 3.8) is 0 Å². The molecule has 1 aromatic carbocycles. The number of nitrogens with zero attached hydrogens (tertiary/aromatic N) is 1. The number of thiocarbonyl (C=S) groups is 1. The van der Waals surface area contributed by atoms with Crippen LogP contribution in [0.25, 0.3) is 10.9 Å². The van der Waals surface area contributed by atoms with Crippen molar-refractivity contribution in [1.82, 2.24) is 4.98 Å². The van der Waals surface area contributed by atoms with Gasteiger partial charge in [0.1, 0.15) is 10.8 Å². The number of hydrogen-bond donors (Lipinski definition) is 2. The first-order chi connectivity index (χ1) is 10.1. The molecule has 3 rings (SSSR count). The number of aromatic nitrogens is 1. The minimum absolute atomic E-state index is 0.0686. The number of rotatable bonds is 5. The summed E-state index contributed by atoms with van der Waals surface area (Å²) in [6, 6.07) is 9.94. The molecule has 0 aliphatic heterocycles. The molecule has 1 aromatic heterocycles. The number of methoxy groups -OCH3 is 1. The normalized spacial score (nSPS) is 16.4. The van der Waals surface area contributed by atoms with Crippen molar-refractivity contribution in [2.24, 2.45) is 5.73 Å². The summed E-state index contributed by atoms with van der Waals surface area (Å²) in [5.74, 6) is 0.740. The second-order valence-corrected chi connectivity index (χ2v) is 5.98. The molecule has 0 radical (unpaired) electrons. The summed E-state index contributed by atoms with van der Waals surface area (Å²) < 4.78 is 5.63. The maximum absolute atomic E-state index is 5.84. The van der Waals surface area contributed by atoms with E-state index < -0.39 is 0 Å². The first-order valence-electron chi connectivity index (χ1n) is 7.12. The molecular weight excluding hydrogens is 282 g/mol. The smallest absolute Gasteiger partial charge is 0.137 e. The van der Waals surface area contributed by atoms with Crippen LogP contribution in [0.2, 0.25) is 0 Å². The van der Waals surface area contributed by atoms with Crippen LogP contribution in [0.15, 0.2) is 30.3 Å². The molecule has 5 heteroatoms. The Morgan fingerprint density at radius 2 is 2.19 bits per heavy atom. The van der Waals surface area contributed by atoms with Crippen LogP contribution in [-0.4, -0.2) is 29.2 Å². The number of anilines is 1. The van der Waals surface area contributed by atoms with Gasteiger partial charge in [0, 0.05) is 19.0 Å². The van der Waals surface area contributed by atoms with E-state index in [1.54, 1.807) is 7.11 Å². The van der Waals surface area contributed by atoms with Crippen molar-refractivity contribution in [2.45, 2.75) is 24.9 Å². The number of benzene rings is 1. The summed E-state index contributed by atoms with van der Waals surface area (Å²) >= 11 is 5.16. The number of pyridine rings is 1. The van der Waals surface area contributed by atoms with Crippen LogP contribution >= 0.6 is 12.2 Å². The van der Waals surface area contributed by atoms with Gasteiger partial charge in [0.15, 0.2) is 0 Å². The molecule has 0 saturated heterocycles. The van der Waals surface area contributed by atoms with Gasteiger partial charge in [-0.1, -0.05) is 30.4 Å². The molecule has 0 amide bonds. The SMILES string of the molecule is COC1(CNc2nc3ccccc3cc2C(N)=S)CCC1. The van der Waals surface area contributed by atoms with E-state index in [2.05, 4.69) is 10.3 Å². The fourth-order valence-corrected chi connectivity index (χ4v) is 2.86. The first-order valence-corrected chi connectivity index (χ1v) is 7.53. The Balaban J connectivity index is 1.92. The number of hydrogen-bond acceptors (Lipinski definition) is 4. The molecule has 0 atom stereocenters. The highest BCUT2D eigenvalue weighted by Gasteiger charge is 2.37. The highest BCUT2D eigenvalue weighted by Crippen LogP contribution is 2.35. The monoisotopic (exact) mass is 301 g/mol. The molecule has 21 heavy (non-hydrogen) atoms. The Kier molecular flexibility index (Phi) is 3.78. The molecule has 1 fully saturated rings. The summed E-state index contributed by atoms with van der Waals surface area (Å²) in [5.41, 5.74) is 7.49. The van der Waals surface area contributed by atoms with Crippen LogP contribution in [0, 0.1) is 0 Å². The zero-order valence-corrected chi connectivity index (χ0v) is 12.9. The number of fused-ring (bicyclic) bond motifs is 1. The largest absolute Gasteiger partial charge is 0.389 e. The van der Waals surface area contributed by atoms with Crippen LogP contribution in [0.1, 0.15) is 24.8 Å². The number of ether oxygens (including phenoxy) is 1. The molecular formula is C16H19N3OS. The second-order valence-electron chi connectivity index (χ2n) is 5.54. The average molecular weight is 301 g/mol. The van der Waals surface area contributed by atoms with Crippen molar-refractivity contribution >= 4 is 33.9 Å². The second kappa shape index (κ2) is 5.58. The zero-order valence-electron chi connectivity index (χ0n) is 12.1. The predicted octanol–water partition coefficient (Wildman–Crippen LogP) is 2.85. The van der Waals surface area contributed by atoms with Crippen LogP contribution in [0.3, 0.4) is 0 Å². The van der Waals surface area contributed by atoms with Crippen molar-refractivity contribution in [3.8, 4) is 0 Å². The fourth-order valence-electron chi connectivity index (χ4n) is 2.71. The van der Waals surface area contributed by atoms with Crippen molar-refractivity contribution < 1.29 is 4.74 Å². The molecule has 4 nitrogen and oxygen atoms in total. The van der Waals surface area contributed by atoms with Gasteiger partial charge in [0.05, 0.1) is 16.7 Å². The Bertz CT molecular complexity index is 677. The van der Waals surface area contributed by atoms with Crippen molar-refractivity contribution in [3.05, 3.63) is 35.9 Å². The standard InChI is InChI=1S/C16H19N3OS/c1-20-16(7-4-8-16)10-18-15-12(14(17)21)9-11-5-2-3-6-13(11)19-15/h2-3,5-6,9H,4,7-8,10H2,1H3,(H2,17,21)(H,18,19).